The van der Waals surface area contributed by atoms with Crippen LogP contribution in [0, 0.1) is 0 Å². The third kappa shape index (κ3) is 4.93. The maximum Gasteiger partial charge on any atom is 0.191 e. The smallest absolute Gasteiger partial charge is 0.191 e. The molecule has 0 amide bonds. The summed E-state index contributed by atoms with van der Waals surface area (Å²) in [6.45, 7) is 4.65. The number of hydrogen-bond donors (Lipinski definition) is 2. The van der Waals surface area contributed by atoms with Gasteiger partial charge in [-0.1, -0.05) is 24.6 Å². The molecule has 4 rings (SSSR count). The van der Waals surface area contributed by atoms with Crippen molar-refractivity contribution in [2.24, 2.45) is 4.99 Å². The van der Waals surface area contributed by atoms with Crippen LogP contribution in [-0.4, -0.2) is 55.7 Å². The summed E-state index contributed by atoms with van der Waals surface area (Å²) < 4.78 is 5.80. The Hall–Kier alpha value is -1.02. The maximum atomic E-state index is 5.80. The summed E-state index contributed by atoms with van der Waals surface area (Å²) in [6, 6.07) is 10.4. The van der Waals surface area contributed by atoms with E-state index in [0.29, 0.717) is 12.0 Å². The molecule has 0 radical (unpaired) electrons. The summed E-state index contributed by atoms with van der Waals surface area (Å²) in [5, 5.41) is 7.21. The van der Waals surface area contributed by atoms with E-state index >= 15 is 0 Å². The van der Waals surface area contributed by atoms with Crippen molar-refractivity contribution in [3.05, 3.63) is 29.8 Å². The summed E-state index contributed by atoms with van der Waals surface area (Å²) in [4.78, 5) is 7.58. The Morgan fingerprint density at radius 1 is 1.18 bits per heavy atom. The predicted molar refractivity (Wildman–Crippen MR) is 126 cm³/mol. The zero-order chi connectivity index (χ0) is 18.6. The third-order valence-electron chi connectivity index (χ3n) is 6.58. The number of benzene rings is 1. The Kier molecular flexibility index (Phi) is 7.85. The molecule has 0 aromatic heterocycles. The molecule has 3 heterocycles. The fourth-order valence-corrected chi connectivity index (χ4v) is 5.05. The largest absolute Gasteiger partial charge is 0.493 e. The van der Waals surface area contributed by atoms with Gasteiger partial charge >= 0.3 is 0 Å². The lowest BCUT2D eigenvalue weighted by Gasteiger charge is -2.47. The molecule has 0 spiro atoms. The van der Waals surface area contributed by atoms with Crippen molar-refractivity contribution < 1.29 is 4.74 Å². The molecular weight excluding hydrogens is 463 g/mol. The number of fused-ring (bicyclic) bond motifs is 3. The average Bonchev–Trinajstić information content (AvgIpc) is 2.67. The fourth-order valence-electron chi connectivity index (χ4n) is 5.05. The van der Waals surface area contributed by atoms with E-state index in [4.69, 9.17) is 9.73 Å². The molecule has 3 aliphatic rings. The number of hydrogen-bond acceptors (Lipinski definition) is 3. The number of ether oxygens (including phenoxy) is 1. The van der Waals surface area contributed by atoms with Crippen LogP contribution in [0.5, 0.6) is 5.75 Å². The van der Waals surface area contributed by atoms with Crippen LogP contribution >= 0.6 is 24.0 Å². The quantitative estimate of drug-likeness (QED) is 0.378. The highest BCUT2D eigenvalue weighted by atomic mass is 127. The van der Waals surface area contributed by atoms with Gasteiger partial charge in [0.25, 0.3) is 0 Å². The Morgan fingerprint density at radius 3 is 2.68 bits per heavy atom. The van der Waals surface area contributed by atoms with Crippen molar-refractivity contribution in [1.82, 2.24) is 15.5 Å². The second-order valence-electron chi connectivity index (χ2n) is 8.31. The normalized spacial score (nSPS) is 29.9. The van der Waals surface area contributed by atoms with E-state index in [1.54, 1.807) is 0 Å². The van der Waals surface area contributed by atoms with E-state index in [1.165, 1.54) is 37.7 Å². The van der Waals surface area contributed by atoms with E-state index in [9.17, 15) is 0 Å². The molecule has 0 aliphatic carbocycles. The lowest BCUT2D eigenvalue weighted by molar-refractivity contribution is 0.0526. The van der Waals surface area contributed by atoms with Gasteiger partial charge in [-0.3, -0.25) is 4.99 Å². The van der Waals surface area contributed by atoms with Crippen LogP contribution in [0.2, 0.25) is 0 Å². The van der Waals surface area contributed by atoms with Gasteiger partial charge in [0.15, 0.2) is 5.96 Å². The predicted octanol–water partition coefficient (Wildman–Crippen LogP) is 3.74. The number of rotatable bonds is 4. The minimum Gasteiger partial charge on any atom is -0.493 e. The summed E-state index contributed by atoms with van der Waals surface area (Å²) in [6.07, 6.45) is 7.59. The zero-order valence-corrected chi connectivity index (χ0v) is 19.5. The first kappa shape index (κ1) is 21.7. The first-order valence-corrected chi connectivity index (χ1v) is 10.7. The van der Waals surface area contributed by atoms with Crippen LogP contribution in [-0.2, 0) is 0 Å². The molecule has 1 aromatic rings. The SMILES string of the molecule is CCNC(=NCC1CCOc2ccccc21)NC1CC2CCCC(C1)N2C.I. The van der Waals surface area contributed by atoms with Gasteiger partial charge in [-0.2, -0.15) is 0 Å². The van der Waals surface area contributed by atoms with Crippen LogP contribution < -0.4 is 15.4 Å². The zero-order valence-electron chi connectivity index (χ0n) is 17.2. The average molecular weight is 498 g/mol. The standard InChI is InChI=1S/C22H34N4O.HI/c1-3-23-22(25-17-13-18-7-6-8-19(14-17)26(18)2)24-15-16-11-12-27-21-10-5-4-9-20(16)21;/h4-5,9-10,16-19H,3,6-8,11-15H2,1-2H3,(H2,23,24,25);1H. The van der Waals surface area contributed by atoms with Crippen LogP contribution in [0.3, 0.4) is 0 Å². The summed E-state index contributed by atoms with van der Waals surface area (Å²) >= 11 is 0. The van der Waals surface area contributed by atoms with Gasteiger partial charge < -0.3 is 20.3 Å². The number of piperidine rings is 2. The number of nitrogens with one attached hydrogen (secondary N) is 2. The second-order valence-corrected chi connectivity index (χ2v) is 8.31. The number of aliphatic imine (C=N–C) groups is 1. The van der Waals surface area contributed by atoms with Gasteiger partial charge in [-0.05, 0) is 57.7 Å². The number of para-hydroxylation sites is 1. The van der Waals surface area contributed by atoms with Crippen molar-refractivity contribution in [3.63, 3.8) is 0 Å². The minimum absolute atomic E-state index is 0. The number of nitrogens with zero attached hydrogens (tertiary/aromatic N) is 2. The highest BCUT2D eigenvalue weighted by Gasteiger charge is 2.36. The third-order valence-corrected chi connectivity index (χ3v) is 6.58. The van der Waals surface area contributed by atoms with Crippen LogP contribution in [0.4, 0.5) is 0 Å². The molecule has 2 bridgehead atoms. The van der Waals surface area contributed by atoms with Crippen molar-refractivity contribution in [2.75, 3.05) is 26.7 Å². The Morgan fingerprint density at radius 2 is 1.93 bits per heavy atom. The number of guanidine groups is 1. The van der Waals surface area contributed by atoms with Gasteiger partial charge in [0.1, 0.15) is 5.75 Å². The van der Waals surface area contributed by atoms with Gasteiger partial charge in [-0.25, -0.2) is 0 Å². The first-order valence-electron chi connectivity index (χ1n) is 10.7. The maximum absolute atomic E-state index is 5.80. The Labute approximate surface area is 186 Å². The molecule has 5 nitrogen and oxygen atoms in total. The van der Waals surface area contributed by atoms with Gasteiger partial charge in [0, 0.05) is 37.1 Å². The van der Waals surface area contributed by atoms with E-state index in [0.717, 1.165) is 49.9 Å². The molecular formula is C22H35IN4O. The molecule has 2 fully saturated rings. The molecule has 0 saturated carbocycles. The lowest BCUT2D eigenvalue weighted by atomic mass is 9.82. The summed E-state index contributed by atoms with van der Waals surface area (Å²) in [7, 11) is 2.31. The monoisotopic (exact) mass is 498 g/mol. The van der Waals surface area contributed by atoms with Crippen molar-refractivity contribution in [1.29, 1.82) is 0 Å². The first-order chi connectivity index (χ1) is 13.2. The molecule has 1 aromatic carbocycles. The fraction of sp³-hybridized carbons (Fsp3) is 0.682. The molecule has 3 aliphatic heterocycles. The summed E-state index contributed by atoms with van der Waals surface area (Å²) in [5.74, 6) is 2.46. The highest BCUT2D eigenvalue weighted by molar-refractivity contribution is 14.0. The highest BCUT2D eigenvalue weighted by Crippen LogP contribution is 2.34. The van der Waals surface area contributed by atoms with Gasteiger partial charge in [-0.15, -0.1) is 24.0 Å². The van der Waals surface area contributed by atoms with Crippen molar-refractivity contribution in [2.45, 2.75) is 69.5 Å². The topological polar surface area (TPSA) is 48.9 Å². The molecule has 2 N–H and O–H groups in total. The molecule has 6 heteroatoms. The lowest BCUT2D eigenvalue weighted by Crippen LogP contribution is -2.56. The van der Waals surface area contributed by atoms with Crippen LogP contribution in [0.15, 0.2) is 29.3 Å². The molecule has 28 heavy (non-hydrogen) atoms. The van der Waals surface area contributed by atoms with E-state index < -0.39 is 0 Å². The minimum atomic E-state index is 0. The molecule has 156 valence electrons. The summed E-state index contributed by atoms with van der Waals surface area (Å²) in [5.41, 5.74) is 1.30. The second kappa shape index (κ2) is 10.1. The van der Waals surface area contributed by atoms with Crippen LogP contribution in [0.25, 0.3) is 0 Å². The van der Waals surface area contributed by atoms with E-state index in [1.807, 2.05) is 6.07 Å². The van der Waals surface area contributed by atoms with Crippen LogP contribution in [0.1, 0.15) is 56.9 Å². The molecule has 2 saturated heterocycles. The van der Waals surface area contributed by atoms with Gasteiger partial charge in [0.05, 0.1) is 6.61 Å². The Balaban J connectivity index is 0.00000225. The van der Waals surface area contributed by atoms with Crippen molar-refractivity contribution >= 4 is 29.9 Å². The molecule has 3 unspecified atom stereocenters. The Bertz CT molecular complexity index is 654. The van der Waals surface area contributed by atoms with Crippen molar-refractivity contribution in [3.8, 4) is 5.75 Å². The van der Waals surface area contributed by atoms with E-state index in [2.05, 4.69) is 47.7 Å². The molecule has 3 atom stereocenters. The van der Waals surface area contributed by atoms with E-state index in [-0.39, 0.29) is 24.0 Å². The number of halogens is 1. The van der Waals surface area contributed by atoms with Gasteiger partial charge in [0.2, 0.25) is 0 Å².